The van der Waals surface area contributed by atoms with Crippen molar-refractivity contribution in [2.75, 3.05) is 5.32 Å². The number of amides is 1. The number of rotatable bonds is 2. The highest BCUT2D eigenvalue weighted by Gasteiger charge is 2.22. The molecule has 1 aliphatic rings. The van der Waals surface area contributed by atoms with Gasteiger partial charge in [-0.1, -0.05) is 23.8 Å². The normalized spacial score (nSPS) is 22.8. The van der Waals surface area contributed by atoms with E-state index >= 15 is 0 Å². The van der Waals surface area contributed by atoms with Crippen LogP contribution in [-0.2, 0) is 4.79 Å². The summed E-state index contributed by atoms with van der Waals surface area (Å²) >= 11 is 9.01. The summed E-state index contributed by atoms with van der Waals surface area (Å²) < 4.78 is 0.649. The average Bonchev–Trinajstić information content (AvgIpc) is 2.70. The van der Waals surface area contributed by atoms with Gasteiger partial charge in [-0.05, 0) is 28.4 Å². The van der Waals surface area contributed by atoms with E-state index in [1.165, 1.54) is 6.20 Å². The van der Waals surface area contributed by atoms with Crippen LogP contribution >= 0.6 is 27.5 Å². The van der Waals surface area contributed by atoms with Gasteiger partial charge >= 0.3 is 0 Å². The second-order valence-corrected chi connectivity index (χ2v) is 5.09. The van der Waals surface area contributed by atoms with Crippen LogP contribution in [0.4, 0.5) is 5.69 Å². The maximum Gasteiger partial charge on any atom is 0.231 e. The Hall–Kier alpha value is -0.910. The van der Waals surface area contributed by atoms with Gasteiger partial charge < -0.3 is 11.1 Å². The first kappa shape index (κ1) is 12.5. The molecule has 0 bridgehead atoms. The van der Waals surface area contributed by atoms with E-state index in [1.54, 1.807) is 6.07 Å². The molecule has 2 atom stereocenters. The number of carbonyl (C=O) groups excluding carboxylic acids is 1. The first-order chi connectivity index (χ1) is 8.06. The molecular weight excluding hydrogens is 305 g/mol. The lowest BCUT2D eigenvalue weighted by molar-refractivity contribution is -0.118. The Morgan fingerprint density at radius 2 is 2.35 bits per heavy atom. The fraction of sp³-hybridized carbons (Fsp3) is 0.273. The van der Waals surface area contributed by atoms with Crippen molar-refractivity contribution in [2.24, 2.45) is 11.7 Å². The van der Waals surface area contributed by atoms with Gasteiger partial charge in [0.1, 0.15) is 5.15 Å². The molecule has 17 heavy (non-hydrogen) atoms. The number of pyridine rings is 1. The lowest BCUT2D eigenvalue weighted by Crippen LogP contribution is -2.24. The Morgan fingerprint density at radius 3 is 2.94 bits per heavy atom. The van der Waals surface area contributed by atoms with Crippen LogP contribution in [0.1, 0.15) is 6.42 Å². The van der Waals surface area contributed by atoms with Crippen molar-refractivity contribution in [2.45, 2.75) is 12.5 Å². The molecule has 1 heterocycles. The van der Waals surface area contributed by atoms with Gasteiger partial charge in [0.25, 0.3) is 0 Å². The molecule has 4 nitrogen and oxygen atoms in total. The van der Waals surface area contributed by atoms with Crippen LogP contribution < -0.4 is 11.1 Å². The molecule has 2 unspecified atom stereocenters. The average molecular weight is 317 g/mol. The Morgan fingerprint density at radius 1 is 1.59 bits per heavy atom. The van der Waals surface area contributed by atoms with Crippen LogP contribution in [0, 0.1) is 5.92 Å². The van der Waals surface area contributed by atoms with Crippen molar-refractivity contribution < 1.29 is 4.79 Å². The third-order valence-corrected chi connectivity index (χ3v) is 3.65. The topological polar surface area (TPSA) is 68.0 Å². The standard InChI is InChI=1S/C11H11BrClN3O/c12-9-4-8(5-15-10(9)13)16-11(17)6-1-2-7(14)3-6/h1-2,4-7H,3,14H2,(H,16,17). The fourth-order valence-corrected chi connectivity index (χ4v) is 2.10. The zero-order valence-corrected chi connectivity index (χ0v) is 11.2. The summed E-state index contributed by atoms with van der Waals surface area (Å²) in [7, 11) is 0. The van der Waals surface area contributed by atoms with Gasteiger partial charge in [0.05, 0.1) is 22.3 Å². The van der Waals surface area contributed by atoms with Gasteiger partial charge in [-0.25, -0.2) is 4.98 Å². The number of carbonyl (C=O) groups is 1. The van der Waals surface area contributed by atoms with E-state index in [0.717, 1.165) is 0 Å². The monoisotopic (exact) mass is 315 g/mol. The van der Waals surface area contributed by atoms with E-state index in [9.17, 15) is 4.79 Å². The van der Waals surface area contributed by atoms with Gasteiger partial charge in [-0.15, -0.1) is 0 Å². The quantitative estimate of drug-likeness (QED) is 0.650. The van der Waals surface area contributed by atoms with E-state index in [-0.39, 0.29) is 17.9 Å². The van der Waals surface area contributed by atoms with Crippen LogP contribution in [0.15, 0.2) is 28.9 Å². The van der Waals surface area contributed by atoms with E-state index in [2.05, 4.69) is 26.2 Å². The number of nitrogens with zero attached hydrogens (tertiary/aromatic N) is 1. The van der Waals surface area contributed by atoms with Crippen molar-refractivity contribution in [3.05, 3.63) is 34.0 Å². The van der Waals surface area contributed by atoms with Crippen LogP contribution in [-0.4, -0.2) is 16.9 Å². The summed E-state index contributed by atoms with van der Waals surface area (Å²) in [6, 6.07) is 1.69. The van der Waals surface area contributed by atoms with Gasteiger partial charge in [0.15, 0.2) is 0 Å². The molecule has 90 valence electrons. The number of nitrogens with two attached hydrogens (primary N) is 1. The molecule has 1 aromatic rings. The predicted octanol–water partition coefficient (Wildman–Crippen LogP) is 2.34. The van der Waals surface area contributed by atoms with Crippen molar-refractivity contribution in [3.63, 3.8) is 0 Å². The molecule has 0 aliphatic heterocycles. The highest BCUT2D eigenvalue weighted by Crippen LogP contribution is 2.24. The minimum Gasteiger partial charge on any atom is -0.324 e. The summed E-state index contributed by atoms with van der Waals surface area (Å²) in [6.07, 6.45) is 5.84. The number of nitrogens with one attached hydrogen (secondary N) is 1. The van der Waals surface area contributed by atoms with Crippen molar-refractivity contribution in [1.29, 1.82) is 0 Å². The largest absolute Gasteiger partial charge is 0.324 e. The predicted molar refractivity (Wildman–Crippen MR) is 70.8 cm³/mol. The first-order valence-electron chi connectivity index (χ1n) is 5.12. The van der Waals surface area contributed by atoms with E-state index < -0.39 is 0 Å². The minimum absolute atomic E-state index is 0.0270. The molecule has 1 aromatic heterocycles. The highest BCUT2D eigenvalue weighted by atomic mass is 79.9. The number of halogens is 2. The number of hydrogen-bond donors (Lipinski definition) is 2. The van der Waals surface area contributed by atoms with E-state index in [0.29, 0.717) is 21.7 Å². The Bertz CT molecular complexity index is 478. The van der Waals surface area contributed by atoms with Crippen LogP contribution in [0.3, 0.4) is 0 Å². The first-order valence-corrected chi connectivity index (χ1v) is 6.29. The molecule has 0 saturated carbocycles. The third-order valence-electron chi connectivity index (χ3n) is 2.52. The van der Waals surface area contributed by atoms with Crippen LogP contribution in [0.5, 0.6) is 0 Å². The fourth-order valence-electron chi connectivity index (χ4n) is 1.65. The van der Waals surface area contributed by atoms with Crippen molar-refractivity contribution in [1.82, 2.24) is 4.98 Å². The van der Waals surface area contributed by atoms with Crippen molar-refractivity contribution >= 4 is 39.1 Å². The molecule has 2 rings (SSSR count). The van der Waals surface area contributed by atoms with Crippen LogP contribution in [0.2, 0.25) is 5.15 Å². The number of hydrogen-bond acceptors (Lipinski definition) is 3. The number of aromatic nitrogens is 1. The summed E-state index contributed by atoms with van der Waals surface area (Å²) in [5, 5.41) is 3.14. The second kappa shape index (κ2) is 5.16. The zero-order valence-electron chi connectivity index (χ0n) is 8.86. The minimum atomic E-state index is -0.167. The lowest BCUT2D eigenvalue weighted by atomic mass is 10.1. The summed E-state index contributed by atoms with van der Waals surface area (Å²) in [5.74, 6) is -0.246. The molecule has 6 heteroatoms. The maximum atomic E-state index is 11.9. The summed E-state index contributed by atoms with van der Waals surface area (Å²) in [6.45, 7) is 0. The molecule has 0 fully saturated rings. The Labute approximate surface area is 112 Å². The molecule has 1 amide bonds. The zero-order chi connectivity index (χ0) is 12.4. The Balaban J connectivity index is 2.03. The maximum absolute atomic E-state index is 11.9. The molecule has 0 aromatic carbocycles. The van der Waals surface area contributed by atoms with Gasteiger partial charge in [0, 0.05) is 6.04 Å². The molecule has 0 spiro atoms. The number of anilines is 1. The van der Waals surface area contributed by atoms with E-state index in [1.807, 2.05) is 12.2 Å². The third kappa shape index (κ3) is 3.06. The van der Waals surface area contributed by atoms with Gasteiger partial charge in [-0.2, -0.15) is 0 Å². The van der Waals surface area contributed by atoms with Gasteiger partial charge in [-0.3, -0.25) is 4.79 Å². The Kier molecular flexibility index (Phi) is 3.81. The van der Waals surface area contributed by atoms with Crippen molar-refractivity contribution in [3.8, 4) is 0 Å². The second-order valence-electron chi connectivity index (χ2n) is 3.88. The highest BCUT2D eigenvalue weighted by molar-refractivity contribution is 9.10. The van der Waals surface area contributed by atoms with Gasteiger partial charge in [0.2, 0.25) is 5.91 Å². The molecule has 1 aliphatic carbocycles. The molecule has 0 saturated heterocycles. The lowest BCUT2D eigenvalue weighted by Gasteiger charge is -2.10. The SMILES string of the molecule is NC1C=CC(C(=O)Nc2cnc(Cl)c(Br)c2)C1. The molecule has 0 radical (unpaired) electrons. The summed E-state index contributed by atoms with van der Waals surface area (Å²) in [5.41, 5.74) is 6.31. The van der Waals surface area contributed by atoms with Crippen LogP contribution in [0.25, 0.3) is 0 Å². The molecule has 3 N–H and O–H groups in total. The smallest absolute Gasteiger partial charge is 0.231 e. The molecular formula is C11H11BrClN3O. The van der Waals surface area contributed by atoms with E-state index in [4.69, 9.17) is 17.3 Å². The summed E-state index contributed by atoms with van der Waals surface area (Å²) in [4.78, 5) is 15.8.